The lowest BCUT2D eigenvalue weighted by molar-refractivity contribution is -0.137. The fraction of sp³-hybridized carbons (Fsp3) is 0.125. The number of rotatable bonds is 10. The highest BCUT2D eigenvalue weighted by Gasteiger charge is 2.30. The largest absolute Gasteiger partial charge is 0.493 e. The summed E-state index contributed by atoms with van der Waals surface area (Å²) in [5.74, 6) is 0.352. The van der Waals surface area contributed by atoms with Crippen molar-refractivity contribution in [2.75, 3.05) is 12.4 Å². The number of halogens is 5. The molecule has 0 unspecified atom stereocenters. The van der Waals surface area contributed by atoms with E-state index in [0.29, 0.717) is 23.7 Å². The van der Waals surface area contributed by atoms with Gasteiger partial charge in [0.25, 0.3) is 5.91 Å². The third-order valence-corrected chi connectivity index (χ3v) is 6.55. The van der Waals surface area contributed by atoms with E-state index in [1.807, 2.05) is 36.4 Å². The molecule has 0 aliphatic carbocycles. The van der Waals surface area contributed by atoms with Crippen LogP contribution in [0.1, 0.15) is 22.3 Å². The van der Waals surface area contributed by atoms with Gasteiger partial charge in [0.15, 0.2) is 17.2 Å². The van der Waals surface area contributed by atoms with E-state index in [9.17, 15) is 23.2 Å². The van der Waals surface area contributed by atoms with Gasteiger partial charge in [0.1, 0.15) is 24.9 Å². The second-order valence-electron chi connectivity index (χ2n) is 9.06. The highest BCUT2D eigenvalue weighted by atomic mass is 35.5. The fourth-order valence-electron chi connectivity index (χ4n) is 3.90. The van der Waals surface area contributed by atoms with E-state index < -0.39 is 17.6 Å². The van der Waals surface area contributed by atoms with Crippen LogP contribution in [0.4, 0.5) is 18.9 Å². The van der Waals surface area contributed by atoms with E-state index in [-0.39, 0.29) is 33.7 Å². The van der Waals surface area contributed by atoms with E-state index in [4.69, 9.17) is 37.4 Å². The molecule has 0 atom stereocenters. The number of benzene rings is 4. The summed E-state index contributed by atoms with van der Waals surface area (Å²) < 4.78 is 56.2. The topological polar surface area (TPSA) is 80.6 Å². The highest BCUT2D eigenvalue weighted by molar-refractivity contribution is 6.37. The van der Waals surface area contributed by atoms with Crippen molar-refractivity contribution in [1.82, 2.24) is 0 Å². The van der Waals surface area contributed by atoms with Gasteiger partial charge in [0.2, 0.25) is 0 Å². The third-order valence-electron chi connectivity index (χ3n) is 5.99. The molecule has 0 spiro atoms. The molecular weight excluding hydrogens is 604 g/mol. The van der Waals surface area contributed by atoms with Gasteiger partial charge in [-0.15, -0.1) is 0 Å². The van der Waals surface area contributed by atoms with Crippen LogP contribution in [-0.2, 0) is 24.2 Å². The smallest absolute Gasteiger partial charge is 0.416 e. The number of nitriles is 1. The number of alkyl halides is 3. The zero-order chi connectivity index (χ0) is 31.0. The van der Waals surface area contributed by atoms with Crippen LogP contribution in [0.3, 0.4) is 0 Å². The molecule has 0 aromatic heterocycles. The van der Waals surface area contributed by atoms with E-state index in [1.165, 1.54) is 31.4 Å². The molecule has 1 N–H and O–H groups in total. The number of carbonyl (C=O) groups excluding carboxylic acids is 1. The monoisotopic (exact) mass is 626 g/mol. The normalized spacial score (nSPS) is 11.4. The SMILES string of the molecule is COc1cc(COc2c(Cl)cc(/C=C(\C#N)C(=O)Nc3cccc(C(F)(F)F)c3)cc2Cl)ccc1OCc1ccccc1. The molecule has 0 heterocycles. The molecule has 220 valence electrons. The summed E-state index contributed by atoms with van der Waals surface area (Å²) in [6, 6.07) is 23.7. The molecule has 0 fully saturated rings. The number of nitrogens with one attached hydrogen (secondary N) is 1. The Kier molecular flexibility index (Phi) is 10.2. The molecule has 11 heteroatoms. The Morgan fingerprint density at radius 3 is 2.23 bits per heavy atom. The molecule has 0 bridgehead atoms. The number of anilines is 1. The summed E-state index contributed by atoms with van der Waals surface area (Å²) in [6.07, 6.45) is -3.37. The summed E-state index contributed by atoms with van der Waals surface area (Å²) in [5.41, 5.74) is 0.635. The minimum absolute atomic E-state index is 0.0901. The summed E-state index contributed by atoms with van der Waals surface area (Å²) in [4.78, 5) is 12.6. The van der Waals surface area contributed by atoms with Crippen LogP contribution in [-0.4, -0.2) is 13.0 Å². The van der Waals surface area contributed by atoms with Gasteiger partial charge in [-0.1, -0.05) is 65.7 Å². The Labute approximate surface area is 255 Å². The number of hydrogen-bond donors (Lipinski definition) is 1. The van der Waals surface area contributed by atoms with Crippen molar-refractivity contribution in [3.63, 3.8) is 0 Å². The summed E-state index contributed by atoms with van der Waals surface area (Å²) in [6.45, 7) is 0.465. The zero-order valence-corrected chi connectivity index (χ0v) is 24.1. The van der Waals surface area contributed by atoms with Crippen molar-refractivity contribution in [3.8, 4) is 23.3 Å². The second-order valence-corrected chi connectivity index (χ2v) is 9.88. The average molecular weight is 627 g/mol. The van der Waals surface area contributed by atoms with Gasteiger partial charge < -0.3 is 19.5 Å². The van der Waals surface area contributed by atoms with Crippen LogP contribution in [0.15, 0.2) is 90.5 Å². The summed E-state index contributed by atoms with van der Waals surface area (Å²) >= 11 is 12.8. The minimum atomic E-state index is -4.58. The Bertz CT molecular complexity index is 1660. The number of carbonyl (C=O) groups is 1. The van der Waals surface area contributed by atoms with Crippen molar-refractivity contribution in [1.29, 1.82) is 5.26 Å². The Morgan fingerprint density at radius 2 is 1.58 bits per heavy atom. The first-order valence-electron chi connectivity index (χ1n) is 12.6. The number of amides is 1. The Balaban J connectivity index is 1.44. The maximum atomic E-state index is 13.0. The fourth-order valence-corrected chi connectivity index (χ4v) is 4.51. The molecule has 4 aromatic rings. The number of nitrogens with zero attached hydrogens (tertiary/aromatic N) is 1. The van der Waals surface area contributed by atoms with Crippen LogP contribution < -0.4 is 19.5 Å². The lowest BCUT2D eigenvalue weighted by Crippen LogP contribution is -2.14. The average Bonchev–Trinajstić information content (AvgIpc) is 2.98. The van der Waals surface area contributed by atoms with E-state index in [0.717, 1.165) is 29.3 Å². The van der Waals surface area contributed by atoms with Crippen LogP contribution in [0.2, 0.25) is 10.0 Å². The summed E-state index contributed by atoms with van der Waals surface area (Å²) in [5, 5.41) is 12.0. The first kappa shape index (κ1) is 31.3. The number of hydrogen-bond acceptors (Lipinski definition) is 5. The van der Waals surface area contributed by atoms with E-state index in [2.05, 4.69) is 5.32 Å². The van der Waals surface area contributed by atoms with Crippen molar-refractivity contribution in [2.45, 2.75) is 19.4 Å². The van der Waals surface area contributed by atoms with Gasteiger partial charge in [-0.05, 0) is 65.2 Å². The van der Waals surface area contributed by atoms with E-state index >= 15 is 0 Å². The molecule has 0 saturated carbocycles. The molecule has 0 aliphatic heterocycles. The Morgan fingerprint density at radius 1 is 0.884 bits per heavy atom. The molecule has 1 amide bonds. The predicted molar refractivity (Wildman–Crippen MR) is 158 cm³/mol. The first-order chi connectivity index (χ1) is 20.6. The first-order valence-corrected chi connectivity index (χ1v) is 13.4. The lowest BCUT2D eigenvalue weighted by atomic mass is 10.1. The molecule has 0 radical (unpaired) electrons. The molecule has 0 aliphatic rings. The molecule has 4 aromatic carbocycles. The van der Waals surface area contributed by atoms with Crippen molar-refractivity contribution in [2.24, 2.45) is 0 Å². The standard InChI is InChI=1S/C32H23Cl2F3N2O4/c1-41-29-15-21(10-11-28(29)42-18-20-6-3-2-4-7-20)19-43-30-26(33)13-22(14-27(30)34)12-23(17-38)31(40)39-25-9-5-8-24(16-25)32(35,36)37/h2-16H,18-19H2,1H3,(H,39,40)/b23-12+. The molecular formula is C32H23Cl2F3N2O4. The predicted octanol–water partition coefficient (Wildman–Crippen LogP) is 8.72. The van der Waals surface area contributed by atoms with Gasteiger partial charge in [-0.2, -0.15) is 18.4 Å². The van der Waals surface area contributed by atoms with Crippen molar-refractivity contribution >= 4 is 40.9 Å². The lowest BCUT2D eigenvalue weighted by Gasteiger charge is -2.14. The molecule has 43 heavy (non-hydrogen) atoms. The highest BCUT2D eigenvalue weighted by Crippen LogP contribution is 2.36. The minimum Gasteiger partial charge on any atom is -0.493 e. The zero-order valence-electron chi connectivity index (χ0n) is 22.5. The Hall–Kier alpha value is -4.65. The molecule has 4 rings (SSSR count). The molecule has 0 saturated heterocycles. The van der Waals surface area contributed by atoms with Gasteiger partial charge in [-0.3, -0.25) is 4.79 Å². The van der Waals surface area contributed by atoms with Crippen molar-refractivity contribution < 1.29 is 32.2 Å². The number of methoxy groups -OCH3 is 1. The quantitative estimate of drug-likeness (QED) is 0.141. The van der Waals surface area contributed by atoms with Gasteiger partial charge in [-0.25, -0.2) is 0 Å². The van der Waals surface area contributed by atoms with E-state index in [1.54, 1.807) is 18.2 Å². The molecule has 6 nitrogen and oxygen atoms in total. The maximum absolute atomic E-state index is 13.0. The second kappa shape index (κ2) is 14.0. The summed E-state index contributed by atoms with van der Waals surface area (Å²) in [7, 11) is 1.53. The van der Waals surface area contributed by atoms with Crippen LogP contribution in [0, 0.1) is 11.3 Å². The van der Waals surface area contributed by atoms with Crippen LogP contribution in [0.5, 0.6) is 17.2 Å². The maximum Gasteiger partial charge on any atom is 0.416 e. The number of ether oxygens (including phenoxy) is 3. The van der Waals surface area contributed by atoms with Crippen molar-refractivity contribution in [3.05, 3.63) is 123 Å². The third kappa shape index (κ3) is 8.44. The van der Waals surface area contributed by atoms with Gasteiger partial charge >= 0.3 is 6.18 Å². The van der Waals surface area contributed by atoms with Crippen LogP contribution in [0.25, 0.3) is 6.08 Å². The van der Waals surface area contributed by atoms with Gasteiger partial charge in [0, 0.05) is 5.69 Å². The van der Waals surface area contributed by atoms with Crippen LogP contribution >= 0.6 is 23.2 Å². The van der Waals surface area contributed by atoms with Gasteiger partial charge in [0.05, 0.1) is 22.7 Å².